The van der Waals surface area contributed by atoms with Gasteiger partial charge >= 0.3 is 193 Å². The molecular weight excluding hydrogens is 491 g/mol. The molecule has 0 N–H and O–H groups in total. The van der Waals surface area contributed by atoms with Crippen LogP contribution >= 0.6 is 0 Å². The SMILES string of the molecule is CCC[CH2][Sn](/[CH]=C/C(C)(COc1ccccc1)O[Si](C)(C)C)([CH2]CCC)[CH2]CCC. The summed E-state index contributed by atoms with van der Waals surface area (Å²) < 4.78 is 20.1. The van der Waals surface area contributed by atoms with Gasteiger partial charge in [-0.1, -0.05) is 0 Å². The topological polar surface area (TPSA) is 18.5 Å². The van der Waals surface area contributed by atoms with Crippen LogP contribution < -0.4 is 4.74 Å². The summed E-state index contributed by atoms with van der Waals surface area (Å²) in [6.07, 6.45) is 10.5. The van der Waals surface area contributed by atoms with Crippen molar-refractivity contribution in [1.82, 2.24) is 0 Å². The monoisotopic (exact) mass is 540 g/mol. The summed E-state index contributed by atoms with van der Waals surface area (Å²) in [5.41, 5.74) is -0.354. The van der Waals surface area contributed by atoms with E-state index in [9.17, 15) is 0 Å². The van der Waals surface area contributed by atoms with Gasteiger partial charge in [-0.2, -0.15) is 0 Å². The molecule has 1 aromatic carbocycles. The number of ether oxygens (including phenoxy) is 1. The molecule has 2 nitrogen and oxygen atoms in total. The predicted molar refractivity (Wildman–Crippen MR) is 139 cm³/mol. The quantitative estimate of drug-likeness (QED) is 0.196. The number of unbranched alkanes of at least 4 members (excludes halogenated alkanes) is 3. The van der Waals surface area contributed by atoms with Crippen molar-refractivity contribution < 1.29 is 9.16 Å². The van der Waals surface area contributed by atoms with Crippen molar-refractivity contribution >= 4 is 26.7 Å². The van der Waals surface area contributed by atoms with Crippen LogP contribution in [-0.2, 0) is 4.43 Å². The Bertz CT molecular complexity index is 575. The Morgan fingerprint density at radius 2 is 1.37 bits per heavy atom. The molecule has 0 aromatic heterocycles. The summed E-state index contributed by atoms with van der Waals surface area (Å²) in [6, 6.07) is 10.2. The molecule has 0 aliphatic heterocycles. The molecule has 0 saturated heterocycles. The molecule has 0 saturated carbocycles. The maximum absolute atomic E-state index is 6.72. The van der Waals surface area contributed by atoms with Crippen molar-refractivity contribution in [3.05, 3.63) is 40.5 Å². The van der Waals surface area contributed by atoms with E-state index in [1.165, 1.54) is 51.8 Å². The first kappa shape index (κ1) is 27.8. The second-order valence-corrected chi connectivity index (χ2v) is 27.6. The minimum atomic E-state index is -2.35. The predicted octanol–water partition coefficient (Wildman–Crippen LogP) is 8.62. The van der Waals surface area contributed by atoms with E-state index in [1.54, 1.807) is 0 Å². The van der Waals surface area contributed by atoms with Crippen LogP contribution in [0, 0.1) is 0 Å². The third-order valence-electron chi connectivity index (χ3n) is 5.68. The molecule has 0 bridgehead atoms. The summed E-state index contributed by atoms with van der Waals surface area (Å²) in [5.74, 6) is 0.925. The molecule has 1 atom stereocenters. The summed E-state index contributed by atoms with van der Waals surface area (Å²) in [4.78, 5) is 0. The van der Waals surface area contributed by atoms with E-state index in [0.29, 0.717) is 6.61 Å². The molecule has 0 amide bonds. The van der Waals surface area contributed by atoms with Crippen molar-refractivity contribution in [3.63, 3.8) is 0 Å². The van der Waals surface area contributed by atoms with Gasteiger partial charge in [0.1, 0.15) is 0 Å². The normalized spacial score (nSPS) is 14.8. The van der Waals surface area contributed by atoms with E-state index in [1.807, 2.05) is 30.3 Å². The zero-order valence-electron chi connectivity index (χ0n) is 20.9. The second kappa shape index (κ2) is 14.0. The van der Waals surface area contributed by atoms with Crippen LogP contribution in [0.25, 0.3) is 0 Å². The van der Waals surface area contributed by atoms with Gasteiger partial charge in [0.05, 0.1) is 0 Å². The van der Waals surface area contributed by atoms with Gasteiger partial charge in [-0.15, -0.1) is 0 Å². The van der Waals surface area contributed by atoms with Gasteiger partial charge in [-0.25, -0.2) is 0 Å². The van der Waals surface area contributed by atoms with Crippen molar-refractivity contribution in [3.8, 4) is 5.75 Å². The average Bonchev–Trinajstić information content (AvgIpc) is 2.71. The van der Waals surface area contributed by atoms with Gasteiger partial charge in [0.15, 0.2) is 0 Å². The van der Waals surface area contributed by atoms with E-state index in [0.717, 1.165) is 5.75 Å². The fourth-order valence-corrected chi connectivity index (χ4v) is 20.3. The standard InChI is InChI=1S/C14H21O2Si.3C4H9.Sn/c1-6-14(2,16-17(3,4)5)12-15-13-10-8-7-9-11-13;3*1-3-4-2;/h1,6-11H,12H2,2-5H3;3*1,3-4H2,2H3;. The zero-order valence-corrected chi connectivity index (χ0v) is 24.8. The third kappa shape index (κ3) is 11.4. The Morgan fingerprint density at radius 3 is 1.80 bits per heavy atom. The van der Waals surface area contributed by atoms with E-state index < -0.39 is 26.7 Å². The van der Waals surface area contributed by atoms with E-state index >= 15 is 0 Å². The van der Waals surface area contributed by atoms with Gasteiger partial charge < -0.3 is 0 Å². The molecule has 0 spiro atoms. The number of para-hydroxylation sites is 1. The van der Waals surface area contributed by atoms with Crippen LogP contribution in [0.2, 0.25) is 33.0 Å². The molecule has 172 valence electrons. The van der Waals surface area contributed by atoms with Gasteiger partial charge in [-0.05, 0) is 0 Å². The second-order valence-electron chi connectivity index (χ2n) is 10.1. The number of hydrogen-bond acceptors (Lipinski definition) is 2. The number of hydrogen-bond donors (Lipinski definition) is 0. The zero-order chi connectivity index (χ0) is 22.5. The van der Waals surface area contributed by atoms with Crippen LogP contribution in [0.5, 0.6) is 5.75 Å². The van der Waals surface area contributed by atoms with E-state index in [4.69, 9.17) is 9.16 Å². The van der Waals surface area contributed by atoms with Crippen molar-refractivity contribution in [1.29, 1.82) is 0 Å². The molecule has 4 heteroatoms. The molecule has 0 fully saturated rings. The number of rotatable bonds is 16. The molecule has 1 aromatic rings. The summed E-state index contributed by atoms with van der Waals surface area (Å²) in [5, 5.41) is 0. The summed E-state index contributed by atoms with van der Waals surface area (Å²) >= 11 is -2.35. The van der Waals surface area contributed by atoms with Crippen LogP contribution in [0.4, 0.5) is 0 Å². The molecule has 30 heavy (non-hydrogen) atoms. The van der Waals surface area contributed by atoms with Crippen LogP contribution in [0.15, 0.2) is 40.5 Å². The van der Waals surface area contributed by atoms with Crippen LogP contribution in [0.1, 0.15) is 66.2 Å². The molecule has 0 aliphatic carbocycles. The third-order valence-corrected chi connectivity index (χ3v) is 20.8. The van der Waals surface area contributed by atoms with Gasteiger partial charge in [-0.3, -0.25) is 0 Å². The van der Waals surface area contributed by atoms with Gasteiger partial charge in [0.25, 0.3) is 0 Å². The molecule has 0 aliphatic rings. The molecular formula is C26H48O2SiSn. The minimum absolute atomic E-state index is 0.354. The molecule has 0 heterocycles. The fourth-order valence-electron chi connectivity index (χ4n) is 4.12. The Labute approximate surface area is 192 Å². The van der Waals surface area contributed by atoms with E-state index in [2.05, 4.69) is 57.5 Å². The van der Waals surface area contributed by atoms with Crippen LogP contribution in [0.3, 0.4) is 0 Å². The Kier molecular flexibility index (Phi) is 13.0. The fraction of sp³-hybridized carbons (Fsp3) is 0.692. The summed E-state index contributed by atoms with van der Waals surface area (Å²) in [6.45, 7) is 16.7. The van der Waals surface area contributed by atoms with Crippen molar-refractivity contribution in [2.75, 3.05) is 6.61 Å². The molecule has 1 unspecified atom stereocenters. The summed E-state index contributed by atoms with van der Waals surface area (Å²) in [7, 11) is -1.71. The van der Waals surface area contributed by atoms with Crippen molar-refractivity contribution in [2.45, 2.75) is 105 Å². The van der Waals surface area contributed by atoms with Crippen LogP contribution in [-0.4, -0.2) is 38.9 Å². The first-order valence-corrected chi connectivity index (χ1v) is 23.4. The molecule has 0 radical (unpaired) electrons. The van der Waals surface area contributed by atoms with Gasteiger partial charge in [0, 0.05) is 0 Å². The first-order valence-electron chi connectivity index (χ1n) is 12.3. The molecule has 1 rings (SSSR count). The van der Waals surface area contributed by atoms with Gasteiger partial charge in [0.2, 0.25) is 0 Å². The average molecular weight is 539 g/mol. The Balaban J connectivity index is 3.13. The Hall–Kier alpha value is -0.264. The van der Waals surface area contributed by atoms with E-state index in [-0.39, 0.29) is 5.60 Å². The Morgan fingerprint density at radius 1 is 0.867 bits per heavy atom. The maximum atomic E-state index is 6.72. The first-order chi connectivity index (χ1) is 14.2. The number of benzene rings is 1. The van der Waals surface area contributed by atoms with Crippen molar-refractivity contribution in [2.24, 2.45) is 0 Å².